The first-order chi connectivity index (χ1) is 16.6. The first-order valence-electron chi connectivity index (χ1n) is 12.0. The molecule has 9 heteroatoms. The predicted molar refractivity (Wildman–Crippen MR) is 104 cm³/mol. The van der Waals surface area contributed by atoms with Gasteiger partial charge < -0.3 is 29.4 Å². The van der Waals surface area contributed by atoms with E-state index in [9.17, 15) is 4.79 Å². The maximum Gasteiger partial charge on any atom is 0.289 e. The molecule has 1 aliphatic heterocycles. The Morgan fingerprint density at radius 3 is 2.54 bits per heavy atom. The SMILES string of the molecule is [2H]C1([2H])N(C(=O)c2ccco2)C([2H])([2H])C([2H])([2H])N(c2nc(N)c3cc(OC)c(OC)cc3n2)C1([2H])[2H]. The number of aromatic nitrogens is 2. The highest BCUT2D eigenvalue weighted by molar-refractivity contribution is 5.92. The van der Waals surface area contributed by atoms with Crippen LogP contribution < -0.4 is 20.1 Å². The van der Waals surface area contributed by atoms with E-state index in [0.717, 1.165) is 12.3 Å². The van der Waals surface area contributed by atoms with Crippen molar-refractivity contribution in [1.82, 2.24) is 14.9 Å². The van der Waals surface area contributed by atoms with Crippen LogP contribution in [-0.2, 0) is 0 Å². The zero-order valence-electron chi connectivity index (χ0n) is 22.9. The molecule has 0 aliphatic carbocycles. The number of piperazine rings is 1. The molecule has 1 amide bonds. The number of hydrogen-bond acceptors (Lipinski definition) is 8. The smallest absolute Gasteiger partial charge is 0.289 e. The number of nitrogens with zero attached hydrogens (tertiary/aromatic N) is 4. The Bertz CT molecular complexity index is 1310. The second kappa shape index (κ2) is 7.26. The molecule has 1 saturated heterocycles. The molecule has 3 aromatic rings. The molecule has 0 spiro atoms. The number of benzene rings is 1. The van der Waals surface area contributed by atoms with Gasteiger partial charge >= 0.3 is 0 Å². The Hall–Kier alpha value is -3.49. The van der Waals surface area contributed by atoms with Crippen LogP contribution in [0.25, 0.3) is 10.9 Å². The first kappa shape index (κ1) is 10.7. The van der Waals surface area contributed by atoms with Gasteiger partial charge in [-0.05, 0) is 18.2 Å². The molecule has 2 aromatic heterocycles. The van der Waals surface area contributed by atoms with Crippen molar-refractivity contribution in [2.24, 2.45) is 0 Å². The van der Waals surface area contributed by atoms with Crippen molar-refractivity contribution in [3.8, 4) is 11.5 Å². The van der Waals surface area contributed by atoms with Crippen molar-refractivity contribution >= 4 is 28.6 Å². The summed E-state index contributed by atoms with van der Waals surface area (Å²) < 4.78 is 83.4. The quantitative estimate of drug-likeness (QED) is 0.717. The standard InChI is InChI=1S/C19H21N5O4/c1-26-15-10-12-13(11-16(15)27-2)21-19(22-17(12)20)24-7-5-23(6-8-24)18(25)14-4-3-9-28-14/h3-4,9-11H,5-8H2,1-2H3,(H2,20,21,22)/i5D2,6D2,7D2,8D2. The number of anilines is 2. The zero-order valence-corrected chi connectivity index (χ0v) is 14.9. The van der Waals surface area contributed by atoms with Gasteiger partial charge in [-0.3, -0.25) is 4.79 Å². The lowest BCUT2D eigenvalue weighted by molar-refractivity contribution is 0.0714. The largest absolute Gasteiger partial charge is 0.493 e. The van der Waals surface area contributed by atoms with Gasteiger partial charge in [0.25, 0.3) is 5.91 Å². The number of rotatable bonds is 4. The maximum absolute atomic E-state index is 13.0. The summed E-state index contributed by atoms with van der Waals surface area (Å²) >= 11 is 0. The van der Waals surface area contributed by atoms with E-state index in [1.54, 1.807) is 0 Å². The molecule has 28 heavy (non-hydrogen) atoms. The molecule has 146 valence electrons. The molecule has 1 aliphatic rings. The minimum Gasteiger partial charge on any atom is -0.493 e. The van der Waals surface area contributed by atoms with Crippen LogP contribution >= 0.6 is 0 Å². The lowest BCUT2D eigenvalue weighted by Gasteiger charge is -2.34. The Balaban J connectivity index is 1.94. The average Bonchev–Trinajstić information content (AvgIpc) is 3.32. The third-order valence-corrected chi connectivity index (χ3v) is 3.90. The molecule has 0 bridgehead atoms. The number of hydrogen-bond donors (Lipinski definition) is 1. The van der Waals surface area contributed by atoms with E-state index in [2.05, 4.69) is 9.97 Å². The summed E-state index contributed by atoms with van der Waals surface area (Å²) in [6.45, 7) is -13.7. The van der Waals surface area contributed by atoms with Crippen molar-refractivity contribution in [2.75, 3.05) is 50.8 Å². The summed E-state index contributed by atoms with van der Waals surface area (Å²) in [7, 11) is 2.76. The van der Waals surface area contributed by atoms with Gasteiger partial charge in [-0.1, -0.05) is 0 Å². The average molecular weight is 391 g/mol. The molecule has 0 radical (unpaired) electrons. The molecular weight excluding hydrogens is 362 g/mol. The number of ether oxygens (including phenoxy) is 2. The van der Waals surface area contributed by atoms with Gasteiger partial charge in [0.2, 0.25) is 5.95 Å². The minimum absolute atomic E-state index is 0.0666. The summed E-state index contributed by atoms with van der Waals surface area (Å²) in [5, 5.41) is 0.246. The van der Waals surface area contributed by atoms with Crippen LogP contribution in [0.4, 0.5) is 11.8 Å². The van der Waals surface area contributed by atoms with Crippen LogP contribution in [0.5, 0.6) is 11.5 Å². The van der Waals surface area contributed by atoms with Crippen molar-refractivity contribution < 1.29 is 29.7 Å². The van der Waals surface area contributed by atoms with Gasteiger partial charge in [0, 0.05) is 37.4 Å². The number of nitrogen functional groups attached to an aromatic ring is 1. The van der Waals surface area contributed by atoms with Crippen LogP contribution in [-0.4, -0.2) is 61.0 Å². The van der Waals surface area contributed by atoms with E-state index in [1.165, 1.54) is 32.4 Å². The van der Waals surface area contributed by atoms with E-state index >= 15 is 0 Å². The lowest BCUT2D eigenvalue weighted by Crippen LogP contribution is -2.49. The van der Waals surface area contributed by atoms with E-state index in [0.29, 0.717) is 0 Å². The summed E-state index contributed by atoms with van der Waals surface area (Å²) in [4.78, 5) is 21.1. The molecule has 9 nitrogen and oxygen atoms in total. The third kappa shape index (κ3) is 3.15. The van der Waals surface area contributed by atoms with Crippen LogP contribution in [0, 0.1) is 0 Å². The molecule has 4 rings (SSSR count). The number of furan rings is 1. The van der Waals surface area contributed by atoms with Crippen LogP contribution in [0.15, 0.2) is 34.9 Å². The number of fused-ring (bicyclic) bond motifs is 1. The van der Waals surface area contributed by atoms with Crippen molar-refractivity contribution in [3.63, 3.8) is 0 Å². The summed E-state index contributed by atoms with van der Waals surface area (Å²) in [5.74, 6) is -2.37. The molecule has 0 saturated carbocycles. The van der Waals surface area contributed by atoms with Gasteiger partial charge in [0.05, 0.1) is 37.0 Å². The number of amides is 1. The molecule has 1 aromatic carbocycles. The summed E-state index contributed by atoms with van der Waals surface area (Å²) in [6.07, 6.45) is 1.09. The van der Waals surface area contributed by atoms with E-state index < -0.39 is 43.6 Å². The zero-order chi connectivity index (χ0) is 26.8. The van der Waals surface area contributed by atoms with Crippen LogP contribution in [0.2, 0.25) is 0 Å². The van der Waals surface area contributed by atoms with Gasteiger partial charge in [0.1, 0.15) is 5.82 Å². The van der Waals surface area contributed by atoms with Crippen LogP contribution in [0.3, 0.4) is 0 Å². The Morgan fingerprint density at radius 1 is 1.18 bits per heavy atom. The highest BCUT2D eigenvalue weighted by atomic mass is 16.5. The molecule has 1 fully saturated rings. The minimum atomic E-state index is -3.45. The second-order valence-corrected chi connectivity index (χ2v) is 5.53. The first-order valence-corrected chi connectivity index (χ1v) is 8.00. The Labute approximate surface area is 172 Å². The number of carbonyl (C=O) groups excluding carboxylic acids is 1. The van der Waals surface area contributed by atoms with E-state index in [1.807, 2.05) is 0 Å². The fourth-order valence-electron chi connectivity index (χ4n) is 2.53. The maximum atomic E-state index is 13.0. The second-order valence-electron chi connectivity index (χ2n) is 5.53. The number of nitrogens with two attached hydrogens (primary N) is 1. The molecule has 3 heterocycles. The fourth-order valence-corrected chi connectivity index (χ4v) is 2.53. The van der Waals surface area contributed by atoms with Crippen molar-refractivity contribution in [2.45, 2.75) is 0 Å². The normalized spacial score (nSPS) is 25.8. The van der Waals surface area contributed by atoms with Crippen molar-refractivity contribution in [1.29, 1.82) is 0 Å². The molecule has 0 atom stereocenters. The van der Waals surface area contributed by atoms with E-state index in [4.69, 9.17) is 30.6 Å². The molecule has 0 unspecified atom stereocenters. The Morgan fingerprint density at radius 2 is 1.89 bits per heavy atom. The topological polar surface area (TPSA) is 107 Å². The monoisotopic (exact) mass is 391 g/mol. The number of methoxy groups -OCH3 is 2. The highest BCUT2D eigenvalue weighted by Gasteiger charge is 2.25. The molecular formula is C19H21N5O4. The van der Waals surface area contributed by atoms with Gasteiger partial charge in [0.15, 0.2) is 17.3 Å². The third-order valence-electron chi connectivity index (χ3n) is 3.90. The Kier molecular flexibility index (Phi) is 2.79. The van der Waals surface area contributed by atoms with Gasteiger partial charge in [-0.2, -0.15) is 4.98 Å². The molecule has 2 N–H and O–H groups in total. The predicted octanol–water partition coefficient (Wildman–Crippen LogP) is 1.78. The summed E-state index contributed by atoms with van der Waals surface area (Å²) in [6, 6.07) is 5.25. The van der Waals surface area contributed by atoms with Crippen LogP contribution in [0.1, 0.15) is 21.5 Å². The van der Waals surface area contributed by atoms with Gasteiger partial charge in [-0.25, -0.2) is 4.98 Å². The van der Waals surface area contributed by atoms with Gasteiger partial charge in [-0.15, -0.1) is 0 Å². The highest BCUT2D eigenvalue weighted by Crippen LogP contribution is 2.34. The number of carbonyl (C=O) groups is 1. The fraction of sp³-hybridized carbons (Fsp3) is 0.316. The lowest BCUT2D eigenvalue weighted by atomic mass is 10.2. The van der Waals surface area contributed by atoms with E-state index in [-0.39, 0.29) is 38.0 Å². The van der Waals surface area contributed by atoms with Crippen molar-refractivity contribution in [3.05, 3.63) is 36.3 Å². The summed E-state index contributed by atoms with van der Waals surface area (Å²) in [5.41, 5.74) is 6.11.